The van der Waals surface area contributed by atoms with E-state index in [1.54, 1.807) is 0 Å². The SMILES string of the molecule is CCCCCC1(C#N)CCC(OCOC2CCC(CCCC)CC2)CC1. The van der Waals surface area contributed by atoms with Gasteiger partial charge in [-0.15, -0.1) is 0 Å². The molecule has 0 saturated heterocycles. The van der Waals surface area contributed by atoms with Gasteiger partial charge in [-0.05, 0) is 63.7 Å². The molecule has 0 aliphatic heterocycles. The van der Waals surface area contributed by atoms with Crippen LogP contribution >= 0.6 is 0 Å². The van der Waals surface area contributed by atoms with Crippen LogP contribution in [0, 0.1) is 22.7 Å². The lowest BCUT2D eigenvalue weighted by atomic mass is 9.71. The van der Waals surface area contributed by atoms with Crippen molar-refractivity contribution in [2.75, 3.05) is 6.79 Å². The van der Waals surface area contributed by atoms with Gasteiger partial charge in [0.2, 0.25) is 0 Å². The molecular weight excluding hydrogens is 322 g/mol. The van der Waals surface area contributed by atoms with Crippen molar-refractivity contribution < 1.29 is 9.47 Å². The van der Waals surface area contributed by atoms with Crippen LogP contribution in [0.4, 0.5) is 0 Å². The molecule has 150 valence electrons. The molecular formula is C23H41NO2. The smallest absolute Gasteiger partial charge is 0.147 e. The monoisotopic (exact) mass is 363 g/mol. The lowest BCUT2D eigenvalue weighted by molar-refractivity contribution is -0.137. The zero-order chi connectivity index (χ0) is 18.7. The van der Waals surface area contributed by atoms with Crippen LogP contribution in [0.1, 0.15) is 110 Å². The average molecular weight is 364 g/mol. The van der Waals surface area contributed by atoms with Crippen molar-refractivity contribution in [2.24, 2.45) is 11.3 Å². The summed E-state index contributed by atoms with van der Waals surface area (Å²) in [6, 6.07) is 2.64. The zero-order valence-corrected chi connectivity index (χ0v) is 17.3. The van der Waals surface area contributed by atoms with E-state index >= 15 is 0 Å². The highest BCUT2D eigenvalue weighted by atomic mass is 16.7. The van der Waals surface area contributed by atoms with E-state index in [4.69, 9.17) is 9.47 Å². The van der Waals surface area contributed by atoms with Crippen molar-refractivity contribution in [3.63, 3.8) is 0 Å². The molecule has 3 heteroatoms. The summed E-state index contributed by atoms with van der Waals surface area (Å²) >= 11 is 0. The molecule has 2 aliphatic rings. The van der Waals surface area contributed by atoms with Crippen molar-refractivity contribution >= 4 is 0 Å². The van der Waals surface area contributed by atoms with E-state index in [-0.39, 0.29) is 5.41 Å². The normalized spacial score (nSPS) is 32.3. The Hall–Kier alpha value is -0.590. The summed E-state index contributed by atoms with van der Waals surface area (Å²) in [4.78, 5) is 0. The topological polar surface area (TPSA) is 42.2 Å². The van der Waals surface area contributed by atoms with Gasteiger partial charge in [0.1, 0.15) is 6.79 Å². The van der Waals surface area contributed by atoms with Crippen LogP contribution in [0.5, 0.6) is 0 Å². The molecule has 2 aliphatic carbocycles. The van der Waals surface area contributed by atoms with Gasteiger partial charge in [0.05, 0.1) is 23.7 Å². The van der Waals surface area contributed by atoms with Gasteiger partial charge >= 0.3 is 0 Å². The van der Waals surface area contributed by atoms with E-state index in [1.807, 2.05) is 0 Å². The zero-order valence-electron chi connectivity index (χ0n) is 17.3. The Labute approximate surface area is 161 Å². The summed E-state index contributed by atoms with van der Waals surface area (Å²) in [6.07, 6.45) is 18.7. The predicted molar refractivity (Wildman–Crippen MR) is 107 cm³/mol. The Morgan fingerprint density at radius 3 is 2.04 bits per heavy atom. The largest absolute Gasteiger partial charge is 0.352 e. The molecule has 0 heterocycles. The Bertz CT molecular complexity index is 401. The van der Waals surface area contributed by atoms with Gasteiger partial charge < -0.3 is 9.47 Å². The molecule has 2 fully saturated rings. The van der Waals surface area contributed by atoms with E-state index in [1.165, 1.54) is 64.2 Å². The standard InChI is InChI=1S/C23H41NO2/c1-3-5-7-15-23(18-24)16-13-22(14-17-23)26-19-25-21-11-9-20(10-12-21)8-6-4-2/h20-22H,3-17,19H2,1-2H3. The minimum Gasteiger partial charge on any atom is -0.352 e. The molecule has 26 heavy (non-hydrogen) atoms. The van der Waals surface area contributed by atoms with E-state index < -0.39 is 0 Å². The second-order valence-electron chi connectivity index (χ2n) is 8.78. The third-order valence-electron chi connectivity index (χ3n) is 6.75. The summed E-state index contributed by atoms with van der Waals surface area (Å²) in [5, 5.41) is 9.63. The van der Waals surface area contributed by atoms with E-state index in [2.05, 4.69) is 19.9 Å². The van der Waals surface area contributed by atoms with Crippen LogP contribution in [-0.2, 0) is 9.47 Å². The maximum atomic E-state index is 9.63. The number of nitrogens with zero attached hydrogens (tertiary/aromatic N) is 1. The predicted octanol–water partition coefficient (Wildman–Crippen LogP) is 6.76. The third kappa shape index (κ3) is 7.20. The van der Waals surface area contributed by atoms with Crippen molar-refractivity contribution in [2.45, 2.75) is 122 Å². The Morgan fingerprint density at radius 1 is 0.846 bits per heavy atom. The van der Waals surface area contributed by atoms with E-state index in [0.29, 0.717) is 19.0 Å². The van der Waals surface area contributed by atoms with Gasteiger partial charge in [-0.3, -0.25) is 0 Å². The molecule has 0 bridgehead atoms. The lowest BCUT2D eigenvalue weighted by Crippen LogP contribution is -2.31. The number of unbranched alkanes of at least 4 members (excludes halogenated alkanes) is 3. The number of ether oxygens (including phenoxy) is 2. The molecule has 0 spiro atoms. The third-order valence-corrected chi connectivity index (χ3v) is 6.75. The molecule has 0 aromatic rings. The maximum Gasteiger partial charge on any atom is 0.147 e. The highest BCUT2D eigenvalue weighted by Gasteiger charge is 2.35. The van der Waals surface area contributed by atoms with Crippen LogP contribution < -0.4 is 0 Å². The first-order valence-electron chi connectivity index (χ1n) is 11.4. The van der Waals surface area contributed by atoms with E-state index in [9.17, 15) is 5.26 Å². The molecule has 3 nitrogen and oxygen atoms in total. The van der Waals surface area contributed by atoms with Gasteiger partial charge in [0.25, 0.3) is 0 Å². The lowest BCUT2D eigenvalue weighted by Gasteiger charge is -2.35. The first-order valence-corrected chi connectivity index (χ1v) is 11.4. The molecule has 0 amide bonds. The molecule has 0 aromatic carbocycles. The van der Waals surface area contributed by atoms with Crippen LogP contribution in [-0.4, -0.2) is 19.0 Å². The second-order valence-corrected chi connectivity index (χ2v) is 8.78. The highest BCUT2D eigenvalue weighted by molar-refractivity contribution is 5.01. The molecule has 0 N–H and O–H groups in total. The van der Waals surface area contributed by atoms with Crippen LogP contribution in [0.3, 0.4) is 0 Å². The quantitative estimate of drug-likeness (QED) is 0.301. The summed E-state index contributed by atoms with van der Waals surface area (Å²) < 4.78 is 12.0. The Balaban J connectivity index is 1.57. The fourth-order valence-electron chi connectivity index (χ4n) is 4.75. The fraction of sp³-hybridized carbons (Fsp3) is 0.957. The summed E-state index contributed by atoms with van der Waals surface area (Å²) in [5.74, 6) is 0.931. The van der Waals surface area contributed by atoms with Crippen molar-refractivity contribution in [3.05, 3.63) is 0 Å². The highest BCUT2D eigenvalue weighted by Crippen LogP contribution is 2.41. The first-order chi connectivity index (χ1) is 12.7. The Kier molecular flexibility index (Phi) is 10.0. The minimum atomic E-state index is -0.0766. The van der Waals surface area contributed by atoms with Gasteiger partial charge in [-0.2, -0.15) is 5.26 Å². The van der Waals surface area contributed by atoms with E-state index in [0.717, 1.165) is 38.0 Å². The molecule has 0 aromatic heterocycles. The summed E-state index contributed by atoms with van der Waals surface area (Å²) in [5.41, 5.74) is -0.0766. The molecule has 2 rings (SSSR count). The average Bonchev–Trinajstić information content (AvgIpc) is 2.69. The van der Waals surface area contributed by atoms with Crippen LogP contribution in [0.15, 0.2) is 0 Å². The Morgan fingerprint density at radius 2 is 1.46 bits per heavy atom. The molecule has 0 radical (unpaired) electrons. The van der Waals surface area contributed by atoms with Crippen LogP contribution in [0.2, 0.25) is 0 Å². The first kappa shape index (κ1) is 21.7. The summed E-state index contributed by atoms with van der Waals surface area (Å²) in [7, 11) is 0. The van der Waals surface area contributed by atoms with Gasteiger partial charge in [0, 0.05) is 0 Å². The van der Waals surface area contributed by atoms with Gasteiger partial charge in [0.15, 0.2) is 0 Å². The van der Waals surface area contributed by atoms with Crippen molar-refractivity contribution in [1.29, 1.82) is 5.26 Å². The number of hydrogen-bond acceptors (Lipinski definition) is 3. The van der Waals surface area contributed by atoms with Gasteiger partial charge in [-0.25, -0.2) is 0 Å². The van der Waals surface area contributed by atoms with Crippen molar-refractivity contribution in [1.82, 2.24) is 0 Å². The number of rotatable bonds is 11. The van der Waals surface area contributed by atoms with Gasteiger partial charge in [-0.1, -0.05) is 52.4 Å². The number of nitriles is 1. The second kappa shape index (κ2) is 12.0. The summed E-state index contributed by atoms with van der Waals surface area (Å²) in [6.45, 7) is 4.95. The molecule has 0 atom stereocenters. The fourth-order valence-corrected chi connectivity index (χ4v) is 4.75. The van der Waals surface area contributed by atoms with Crippen LogP contribution in [0.25, 0.3) is 0 Å². The van der Waals surface area contributed by atoms with Crippen molar-refractivity contribution in [3.8, 4) is 6.07 Å². The maximum absolute atomic E-state index is 9.63. The minimum absolute atomic E-state index is 0.0766. The number of hydrogen-bond donors (Lipinski definition) is 0. The molecule has 2 saturated carbocycles. The molecule has 0 unspecified atom stereocenters.